The van der Waals surface area contributed by atoms with E-state index in [0.29, 0.717) is 18.8 Å². The van der Waals surface area contributed by atoms with Crippen molar-refractivity contribution >= 4 is 33.4 Å². The number of nitrogens with zero attached hydrogens (tertiary/aromatic N) is 1. The molecule has 0 bridgehead atoms. The zero-order valence-electron chi connectivity index (χ0n) is 10.0. The molecule has 19 heavy (non-hydrogen) atoms. The second-order valence-corrected chi connectivity index (χ2v) is 5.43. The highest BCUT2D eigenvalue weighted by Gasteiger charge is 2.28. The van der Waals surface area contributed by atoms with Gasteiger partial charge in [0.15, 0.2) is 0 Å². The first kappa shape index (κ1) is 12.2. The SMILES string of the molecule is O=C(O)[C@H]1CN(C(=O)c2cc3sccc3[nH]2)CCN1. The van der Waals surface area contributed by atoms with Gasteiger partial charge >= 0.3 is 5.97 Å². The third-order valence-electron chi connectivity index (χ3n) is 3.23. The Balaban J connectivity index is 1.79. The molecule has 7 heteroatoms. The number of hydrogen-bond donors (Lipinski definition) is 3. The van der Waals surface area contributed by atoms with Gasteiger partial charge in [-0.05, 0) is 17.5 Å². The molecule has 0 spiro atoms. The smallest absolute Gasteiger partial charge is 0.322 e. The van der Waals surface area contributed by atoms with Crippen molar-refractivity contribution in [3.8, 4) is 0 Å². The van der Waals surface area contributed by atoms with E-state index in [4.69, 9.17) is 5.11 Å². The topological polar surface area (TPSA) is 85.4 Å². The van der Waals surface area contributed by atoms with Crippen LogP contribution in [-0.2, 0) is 4.79 Å². The number of carboxylic acids is 1. The fourth-order valence-corrected chi connectivity index (χ4v) is 3.02. The van der Waals surface area contributed by atoms with Crippen LogP contribution < -0.4 is 5.32 Å². The minimum atomic E-state index is -0.926. The summed E-state index contributed by atoms with van der Waals surface area (Å²) in [6.45, 7) is 1.22. The van der Waals surface area contributed by atoms with Crippen molar-refractivity contribution in [3.63, 3.8) is 0 Å². The first-order valence-electron chi connectivity index (χ1n) is 5.97. The number of aliphatic carboxylic acids is 1. The summed E-state index contributed by atoms with van der Waals surface area (Å²) >= 11 is 1.57. The number of piperazine rings is 1. The Bertz CT molecular complexity index is 604. The second-order valence-electron chi connectivity index (χ2n) is 4.48. The Hall–Kier alpha value is -1.86. The minimum Gasteiger partial charge on any atom is -0.480 e. The minimum absolute atomic E-state index is 0.142. The molecule has 3 heterocycles. The Labute approximate surface area is 113 Å². The summed E-state index contributed by atoms with van der Waals surface area (Å²) in [4.78, 5) is 27.9. The number of carbonyl (C=O) groups is 2. The number of aromatic amines is 1. The van der Waals surface area contributed by atoms with Crippen molar-refractivity contribution in [2.75, 3.05) is 19.6 Å². The van der Waals surface area contributed by atoms with Crippen molar-refractivity contribution in [3.05, 3.63) is 23.2 Å². The standard InChI is InChI=1S/C12H13N3O3S/c16-11(8-5-10-7(14-8)1-4-19-10)15-3-2-13-9(6-15)12(17)18/h1,4-5,9,13-14H,2-3,6H2,(H,17,18)/t9-/m1/s1. The van der Waals surface area contributed by atoms with Crippen molar-refractivity contribution in [1.82, 2.24) is 15.2 Å². The Morgan fingerprint density at radius 1 is 1.47 bits per heavy atom. The molecule has 0 radical (unpaired) electrons. The van der Waals surface area contributed by atoms with Crippen molar-refractivity contribution in [2.24, 2.45) is 0 Å². The molecule has 100 valence electrons. The van der Waals surface area contributed by atoms with Crippen LogP contribution in [0.15, 0.2) is 17.5 Å². The third kappa shape index (κ3) is 2.22. The van der Waals surface area contributed by atoms with Crippen LogP contribution in [-0.4, -0.2) is 52.5 Å². The van der Waals surface area contributed by atoms with Crippen molar-refractivity contribution < 1.29 is 14.7 Å². The van der Waals surface area contributed by atoms with E-state index in [-0.39, 0.29) is 12.5 Å². The molecule has 1 aliphatic heterocycles. The number of fused-ring (bicyclic) bond motifs is 1. The molecule has 0 saturated carbocycles. The van der Waals surface area contributed by atoms with Gasteiger partial charge in [-0.1, -0.05) is 0 Å². The van der Waals surface area contributed by atoms with Gasteiger partial charge in [-0.2, -0.15) is 0 Å². The number of H-pyrrole nitrogens is 1. The predicted octanol–water partition coefficient (Wildman–Crippen LogP) is 0.728. The lowest BCUT2D eigenvalue weighted by Crippen LogP contribution is -2.55. The number of rotatable bonds is 2. The van der Waals surface area contributed by atoms with Crippen molar-refractivity contribution in [2.45, 2.75) is 6.04 Å². The number of hydrogen-bond acceptors (Lipinski definition) is 4. The number of carboxylic acid groups (broad SMARTS) is 1. The maximum atomic E-state index is 12.3. The average molecular weight is 279 g/mol. The summed E-state index contributed by atoms with van der Waals surface area (Å²) in [5, 5.41) is 13.8. The molecule has 2 aromatic heterocycles. The van der Waals surface area contributed by atoms with E-state index < -0.39 is 12.0 Å². The number of thiophene rings is 1. The zero-order valence-corrected chi connectivity index (χ0v) is 10.9. The first-order valence-corrected chi connectivity index (χ1v) is 6.85. The predicted molar refractivity (Wildman–Crippen MR) is 71.5 cm³/mol. The highest BCUT2D eigenvalue weighted by Crippen LogP contribution is 2.22. The molecular formula is C12H13N3O3S. The molecule has 6 nitrogen and oxygen atoms in total. The van der Waals surface area contributed by atoms with Crippen LogP contribution in [0.4, 0.5) is 0 Å². The summed E-state index contributed by atoms with van der Waals surface area (Å²) in [6.07, 6.45) is 0. The van der Waals surface area contributed by atoms with E-state index in [1.54, 1.807) is 16.2 Å². The Kier molecular flexibility index (Phi) is 3.00. The number of carbonyl (C=O) groups excluding carboxylic acids is 1. The molecule has 0 aromatic carbocycles. The molecule has 3 N–H and O–H groups in total. The normalized spacial score (nSPS) is 19.8. The highest BCUT2D eigenvalue weighted by molar-refractivity contribution is 7.17. The Morgan fingerprint density at radius 3 is 3.05 bits per heavy atom. The molecule has 1 aliphatic rings. The van der Waals surface area contributed by atoms with Gasteiger partial charge in [0.1, 0.15) is 11.7 Å². The molecule has 1 fully saturated rings. The van der Waals surface area contributed by atoms with Gasteiger partial charge in [0.05, 0.1) is 10.2 Å². The zero-order chi connectivity index (χ0) is 13.4. The summed E-state index contributed by atoms with van der Waals surface area (Å²) in [5.74, 6) is -1.07. The lowest BCUT2D eigenvalue weighted by molar-refractivity contribution is -0.140. The van der Waals surface area contributed by atoms with Gasteiger partial charge in [0, 0.05) is 19.6 Å². The summed E-state index contributed by atoms with van der Waals surface area (Å²) in [7, 11) is 0. The maximum Gasteiger partial charge on any atom is 0.322 e. The van der Waals surface area contributed by atoms with Gasteiger partial charge in [-0.25, -0.2) is 0 Å². The van der Waals surface area contributed by atoms with Gasteiger partial charge < -0.3 is 20.3 Å². The Morgan fingerprint density at radius 2 is 2.32 bits per heavy atom. The number of amides is 1. The molecule has 0 aliphatic carbocycles. The maximum absolute atomic E-state index is 12.3. The van der Waals surface area contributed by atoms with Crippen LogP contribution in [0.2, 0.25) is 0 Å². The monoisotopic (exact) mass is 279 g/mol. The van der Waals surface area contributed by atoms with Crippen LogP contribution in [0.3, 0.4) is 0 Å². The lowest BCUT2D eigenvalue weighted by Gasteiger charge is -2.31. The van der Waals surface area contributed by atoms with Gasteiger partial charge in [0.2, 0.25) is 0 Å². The average Bonchev–Trinajstić information content (AvgIpc) is 2.98. The van der Waals surface area contributed by atoms with Crippen LogP contribution in [0.25, 0.3) is 10.2 Å². The molecule has 3 rings (SSSR count). The fourth-order valence-electron chi connectivity index (χ4n) is 2.23. The molecule has 1 saturated heterocycles. The van der Waals surface area contributed by atoms with E-state index in [2.05, 4.69) is 10.3 Å². The van der Waals surface area contributed by atoms with Gasteiger partial charge in [-0.3, -0.25) is 9.59 Å². The number of nitrogens with one attached hydrogen (secondary N) is 2. The fraction of sp³-hybridized carbons (Fsp3) is 0.333. The van der Waals surface area contributed by atoms with E-state index >= 15 is 0 Å². The van der Waals surface area contributed by atoms with Gasteiger partial charge in [-0.15, -0.1) is 11.3 Å². The van der Waals surface area contributed by atoms with E-state index in [0.717, 1.165) is 10.2 Å². The molecule has 1 atom stereocenters. The van der Waals surface area contributed by atoms with E-state index in [9.17, 15) is 9.59 Å². The van der Waals surface area contributed by atoms with Crippen molar-refractivity contribution in [1.29, 1.82) is 0 Å². The molecule has 0 unspecified atom stereocenters. The summed E-state index contributed by atoms with van der Waals surface area (Å²) < 4.78 is 1.04. The quantitative estimate of drug-likeness (QED) is 0.756. The molecule has 1 amide bonds. The third-order valence-corrected chi connectivity index (χ3v) is 4.09. The highest BCUT2D eigenvalue weighted by atomic mass is 32.1. The number of aromatic nitrogens is 1. The lowest BCUT2D eigenvalue weighted by atomic mass is 10.2. The van der Waals surface area contributed by atoms with E-state index in [1.807, 2.05) is 17.5 Å². The largest absolute Gasteiger partial charge is 0.480 e. The van der Waals surface area contributed by atoms with Crippen LogP contribution in [0, 0.1) is 0 Å². The van der Waals surface area contributed by atoms with E-state index in [1.165, 1.54) is 0 Å². The van der Waals surface area contributed by atoms with Crippen LogP contribution in [0.1, 0.15) is 10.5 Å². The molecule has 2 aromatic rings. The molecular weight excluding hydrogens is 266 g/mol. The first-order chi connectivity index (χ1) is 9.15. The summed E-state index contributed by atoms with van der Waals surface area (Å²) in [6, 6.07) is 3.06. The van der Waals surface area contributed by atoms with Gasteiger partial charge in [0.25, 0.3) is 5.91 Å². The van der Waals surface area contributed by atoms with Crippen LogP contribution in [0.5, 0.6) is 0 Å². The second kappa shape index (κ2) is 4.67. The van der Waals surface area contributed by atoms with Crippen LogP contribution >= 0.6 is 11.3 Å². The summed E-state index contributed by atoms with van der Waals surface area (Å²) in [5.41, 5.74) is 1.46.